The first kappa shape index (κ1) is 17.0. The molecule has 1 aliphatic heterocycles. The van der Waals surface area contributed by atoms with Crippen molar-refractivity contribution >= 4 is 29.1 Å². The number of hydrogen-bond donors (Lipinski definition) is 4. The fourth-order valence-electron chi connectivity index (χ4n) is 2.59. The molecular formula is C18H16ClN3O3. The van der Waals surface area contributed by atoms with Gasteiger partial charge in [-0.1, -0.05) is 11.6 Å². The first-order valence-corrected chi connectivity index (χ1v) is 7.89. The van der Waals surface area contributed by atoms with Crippen LogP contribution in [0.5, 0.6) is 11.5 Å². The van der Waals surface area contributed by atoms with Crippen molar-refractivity contribution in [1.82, 2.24) is 0 Å². The molecule has 6 nitrogen and oxygen atoms in total. The third kappa shape index (κ3) is 3.48. The second-order valence-corrected chi connectivity index (χ2v) is 5.94. The molecule has 1 atom stereocenters. The molecule has 4 N–H and O–H groups in total. The van der Waals surface area contributed by atoms with Crippen LogP contribution >= 0.6 is 11.6 Å². The number of nitrogens with one attached hydrogen (secondary N) is 2. The van der Waals surface area contributed by atoms with Crippen LogP contribution in [-0.4, -0.2) is 30.1 Å². The van der Waals surface area contributed by atoms with Crippen LogP contribution in [0, 0.1) is 11.3 Å². The number of aliphatic hydroxyl groups excluding tert-OH is 1. The smallest absolute Gasteiger partial charge is 0.148 e. The molecule has 3 rings (SSSR count). The zero-order chi connectivity index (χ0) is 18.0. The molecule has 7 heteroatoms. The molecule has 0 saturated heterocycles. The highest BCUT2D eigenvalue weighted by atomic mass is 35.5. The number of hydrogen-bond acceptors (Lipinski definition) is 6. The number of aromatic hydroxyl groups is 1. The van der Waals surface area contributed by atoms with Crippen LogP contribution in [0.2, 0.25) is 5.02 Å². The maximum Gasteiger partial charge on any atom is 0.148 e. The molecular weight excluding hydrogens is 342 g/mol. The number of phenols is 1. The number of rotatable bonds is 4. The van der Waals surface area contributed by atoms with E-state index in [1.807, 2.05) is 6.08 Å². The van der Waals surface area contributed by atoms with Crippen molar-refractivity contribution in [3.63, 3.8) is 0 Å². The Balaban J connectivity index is 1.80. The maximum atomic E-state index is 10.2. The number of aliphatic hydroxyl groups is 1. The Morgan fingerprint density at radius 2 is 2.16 bits per heavy atom. The summed E-state index contributed by atoms with van der Waals surface area (Å²) in [5, 5.41) is 35.3. The molecule has 0 bridgehead atoms. The fraction of sp³-hybridized carbons (Fsp3) is 0.167. The summed E-state index contributed by atoms with van der Waals surface area (Å²) in [7, 11) is 1.51. The van der Waals surface area contributed by atoms with Gasteiger partial charge in [-0.25, -0.2) is 0 Å². The first-order valence-electron chi connectivity index (χ1n) is 7.51. The summed E-state index contributed by atoms with van der Waals surface area (Å²) in [4.78, 5) is 0. The monoisotopic (exact) mass is 357 g/mol. The van der Waals surface area contributed by atoms with Gasteiger partial charge in [0, 0.05) is 30.1 Å². The second kappa shape index (κ2) is 6.93. The van der Waals surface area contributed by atoms with Crippen LogP contribution in [0.4, 0.5) is 11.4 Å². The summed E-state index contributed by atoms with van der Waals surface area (Å²) in [6, 6.07) is 10.3. The van der Waals surface area contributed by atoms with Gasteiger partial charge in [-0.05, 0) is 35.4 Å². The Morgan fingerprint density at radius 1 is 1.36 bits per heavy atom. The molecule has 0 aromatic heterocycles. The number of phenolic OH excluding ortho intramolecular Hbond substituents is 1. The maximum absolute atomic E-state index is 10.2. The number of nitrogens with zero attached hydrogens (tertiary/aromatic N) is 1. The number of nitriles is 1. The number of anilines is 2. The Kier molecular flexibility index (Phi) is 4.70. The van der Waals surface area contributed by atoms with Crippen LogP contribution in [0.25, 0.3) is 6.08 Å². The molecule has 25 heavy (non-hydrogen) atoms. The standard InChI is InChI=1S/C18H16ClN3O3/c1-25-17-6-13(3-2-10(17)8-20)21-9-12-4-11-5-14(19)16(23)7-15(11)22-18(12)24/h2-7,18,21-24H,9H2,1H3. The molecule has 1 aliphatic rings. The third-order valence-electron chi connectivity index (χ3n) is 3.92. The number of fused-ring (bicyclic) bond motifs is 1. The molecule has 2 aromatic carbocycles. The summed E-state index contributed by atoms with van der Waals surface area (Å²) >= 11 is 5.94. The second-order valence-electron chi connectivity index (χ2n) is 5.54. The SMILES string of the molecule is COc1cc(NCC2=Cc3cc(Cl)c(O)cc3NC2O)ccc1C#N. The molecule has 2 aromatic rings. The van der Waals surface area contributed by atoms with Crippen LogP contribution < -0.4 is 15.4 Å². The van der Waals surface area contributed by atoms with Crippen molar-refractivity contribution in [2.24, 2.45) is 0 Å². The lowest BCUT2D eigenvalue weighted by Crippen LogP contribution is -2.28. The van der Waals surface area contributed by atoms with Gasteiger partial charge in [-0.2, -0.15) is 5.26 Å². The lowest BCUT2D eigenvalue weighted by molar-refractivity contribution is 0.239. The topological polar surface area (TPSA) is 97.5 Å². The van der Waals surface area contributed by atoms with Crippen molar-refractivity contribution in [1.29, 1.82) is 5.26 Å². The van der Waals surface area contributed by atoms with Crippen molar-refractivity contribution in [3.8, 4) is 17.6 Å². The number of ether oxygens (including phenoxy) is 1. The highest BCUT2D eigenvalue weighted by Gasteiger charge is 2.19. The summed E-state index contributed by atoms with van der Waals surface area (Å²) in [5.41, 5.74) is 3.31. The van der Waals surface area contributed by atoms with E-state index in [1.165, 1.54) is 13.2 Å². The van der Waals surface area contributed by atoms with Gasteiger partial charge in [-0.3, -0.25) is 0 Å². The van der Waals surface area contributed by atoms with Gasteiger partial charge in [0.25, 0.3) is 0 Å². The highest BCUT2D eigenvalue weighted by Crippen LogP contribution is 2.35. The van der Waals surface area contributed by atoms with E-state index in [4.69, 9.17) is 21.6 Å². The van der Waals surface area contributed by atoms with Crippen molar-refractivity contribution in [2.75, 3.05) is 24.3 Å². The molecule has 1 unspecified atom stereocenters. The minimum atomic E-state index is -0.888. The minimum Gasteiger partial charge on any atom is -0.506 e. The Labute approximate surface area is 149 Å². The van der Waals surface area contributed by atoms with E-state index in [9.17, 15) is 10.2 Å². The third-order valence-corrected chi connectivity index (χ3v) is 4.22. The van der Waals surface area contributed by atoms with E-state index in [0.717, 1.165) is 11.3 Å². The molecule has 128 valence electrons. The lowest BCUT2D eigenvalue weighted by atomic mass is 10.0. The first-order chi connectivity index (χ1) is 12.0. The van der Waals surface area contributed by atoms with Gasteiger partial charge in [0.2, 0.25) is 0 Å². The van der Waals surface area contributed by atoms with E-state index < -0.39 is 6.23 Å². The Bertz CT molecular complexity index is 890. The summed E-state index contributed by atoms with van der Waals surface area (Å²) in [6.45, 7) is 0.376. The number of halogens is 1. The quantitative estimate of drug-likeness (QED) is 0.671. The molecule has 1 heterocycles. The predicted molar refractivity (Wildman–Crippen MR) is 96.9 cm³/mol. The normalized spacial score (nSPS) is 15.4. The highest BCUT2D eigenvalue weighted by molar-refractivity contribution is 6.32. The summed E-state index contributed by atoms with van der Waals surface area (Å²) in [5.74, 6) is 0.441. The molecule has 0 saturated carbocycles. The van der Waals surface area contributed by atoms with Gasteiger partial charge in [-0.15, -0.1) is 0 Å². The van der Waals surface area contributed by atoms with E-state index in [0.29, 0.717) is 29.1 Å². The molecule has 0 spiro atoms. The Hall–Kier alpha value is -2.88. The van der Waals surface area contributed by atoms with Crippen molar-refractivity contribution in [3.05, 3.63) is 52.1 Å². The van der Waals surface area contributed by atoms with Crippen LogP contribution in [0.3, 0.4) is 0 Å². The fourth-order valence-corrected chi connectivity index (χ4v) is 2.76. The van der Waals surface area contributed by atoms with Crippen LogP contribution in [0.15, 0.2) is 35.9 Å². The van der Waals surface area contributed by atoms with Crippen LogP contribution in [0.1, 0.15) is 11.1 Å². The van der Waals surface area contributed by atoms with Gasteiger partial charge in [0.05, 0.1) is 17.7 Å². The van der Waals surface area contributed by atoms with Gasteiger partial charge >= 0.3 is 0 Å². The van der Waals surface area contributed by atoms with Crippen molar-refractivity contribution < 1.29 is 14.9 Å². The van der Waals surface area contributed by atoms with E-state index in [2.05, 4.69) is 16.7 Å². The number of benzene rings is 2. The van der Waals surface area contributed by atoms with Crippen LogP contribution in [-0.2, 0) is 0 Å². The molecule has 0 amide bonds. The van der Waals surface area contributed by atoms with Gasteiger partial charge < -0.3 is 25.6 Å². The zero-order valence-electron chi connectivity index (χ0n) is 13.4. The van der Waals surface area contributed by atoms with E-state index >= 15 is 0 Å². The van der Waals surface area contributed by atoms with E-state index in [1.54, 1.807) is 24.3 Å². The lowest BCUT2D eigenvalue weighted by Gasteiger charge is -2.25. The predicted octanol–water partition coefficient (Wildman–Crippen LogP) is 3.17. The molecule has 0 aliphatic carbocycles. The molecule has 0 fully saturated rings. The van der Waals surface area contributed by atoms with Gasteiger partial charge in [0.15, 0.2) is 0 Å². The summed E-state index contributed by atoms with van der Waals surface area (Å²) in [6.07, 6.45) is 0.927. The van der Waals surface area contributed by atoms with E-state index in [-0.39, 0.29) is 10.8 Å². The largest absolute Gasteiger partial charge is 0.506 e. The average Bonchev–Trinajstić information content (AvgIpc) is 2.61. The molecule has 0 radical (unpaired) electrons. The number of methoxy groups -OCH3 is 1. The van der Waals surface area contributed by atoms with Gasteiger partial charge in [0.1, 0.15) is 23.8 Å². The minimum absolute atomic E-state index is 0.0419. The zero-order valence-corrected chi connectivity index (χ0v) is 14.1. The van der Waals surface area contributed by atoms with Crippen molar-refractivity contribution in [2.45, 2.75) is 6.23 Å². The Morgan fingerprint density at radius 3 is 2.88 bits per heavy atom. The average molecular weight is 358 g/mol. The summed E-state index contributed by atoms with van der Waals surface area (Å²) < 4.78 is 5.18.